The normalized spacial score (nSPS) is 14.0. The van der Waals surface area contributed by atoms with Crippen LogP contribution in [-0.2, 0) is 0 Å². The summed E-state index contributed by atoms with van der Waals surface area (Å²) in [6.07, 6.45) is 1.42. The summed E-state index contributed by atoms with van der Waals surface area (Å²) < 4.78 is 0.757. The summed E-state index contributed by atoms with van der Waals surface area (Å²) in [4.78, 5) is 0. The Labute approximate surface area is 54.9 Å². The van der Waals surface area contributed by atoms with Gasteiger partial charge in [-0.2, -0.15) is 10.2 Å². The lowest BCUT2D eigenvalue weighted by Crippen LogP contribution is -2.51. The summed E-state index contributed by atoms with van der Waals surface area (Å²) in [6.45, 7) is 5.05. The molecule has 3 N–H and O–H groups in total. The van der Waals surface area contributed by atoms with Gasteiger partial charge in [-0.3, -0.25) is 5.84 Å². The molecule has 0 radical (unpaired) electrons. The minimum absolute atomic E-state index is 0.700. The third-order valence-corrected chi connectivity index (χ3v) is 1.14. The standard InChI is InChI=1S/C5H13N3O/c1-4-8(9)5(2,3)7-6/h4,7H,6H2,1-3H3/b8-4-. The maximum absolute atomic E-state index is 10.8. The first-order valence-electron chi connectivity index (χ1n) is 2.78. The van der Waals surface area contributed by atoms with Crippen molar-refractivity contribution < 1.29 is 4.74 Å². The van der Waals surface area contributed by atoms with Crippen LogP contribution >= 0.6 is 0 Å². The number of hydrazine groups is 1. The van der Waals surface area contributed by atoms with E-state index in [2.05, 4.69) is 5.43 Å². The fraction of sp³-hybridized carbons (Fsp3) is 0.800. The summed E-state index contributed by atoms with van der Waals surface area (Å²) in [6, 6.07) is 0. The summed E-state index contributed by atoms with van der Waals surface area (Å²) in [7, 11) is 0. The molecule has 9 heavy (non-hydrogen) atoms. The number of nitrogens with two attached hydrogens (primary N) is 1. The summed E-state index contributed by atoms with van der Waals surface area (Å²) in [5.74, 6) is 5.07. The predicted octanol–water partition coefficient (Wildman–Crippen LogP) is -0.213. The van der Waals surface area contributed by atoms with Gasteiger partial charge < -0.3 is 5.21 Å². The van der Waals surface area contributed by atoms with Gasteiger partial charge in [0.2, 0.25) is 5.66 Å². The number of hydrogen-bond acceptors (Lipinski definition) is 3. The molecule has 0 saturated carbocycles. The maximum atomic E-state index is 10.8. The molecule has 0 aromatic carbocycles. The molecule has 0 saturated heterocycles. The number of hydrogen-bond donors (Lipinski definition) is 2. The molecule has 4 heteroatoms. The lowest BCUT2D eigenvalue weighted by Gasteiger charge is -2.21. The lowest BCUT2D eigenvalue weighted by atomic mass is 10.3. The molecule has 4 nitrogen and oxygen atoms in total. The summed E-state index contributed by atoms with van der Waals surface area (Å²) in [5.41, 5.74) is 1.67. The Morgan fingerprint density at radius 2 is 2.11 bits per heavy atom. The van der Waals surface area contributed by atoms with Gasteiger partial charge >= 0.3 is 0 Å². The average Bonchev–Trinajstić information content (AvgIpc) is 1.86. The Morgan fingerprint density at radius 1 is 1.67 bits per heavy atom. The van der Waals surface area contributed by atoms with Crippen molar-refractivity contribution in [1.29, 1.82) is 0 Å². The molecule has 0 heterocycles. The molecule has 0 aliphatic heterocycles. The van der Waals surface area contributed by atoms with Crippen molar-refractivity contribution in [1.82, 2.24) is 5.43 Å². The van der Waals surface area contributed by atoms with Gasteiger partial charge in [0.05, 0.1) is 0 Å². The van der Waals surface area contributed by atoms with Crippen molar-refractivity contribution in [2.24, 2.45) is 5.84 Å². The van der Waals surface area contributed by atoms with E-state index in [4.69, 9.17) is 5.84 Å². The highest BCUT2D eigenvalue weighted by molar-refractivity contribution is 5.47. The van der Waals surface area contributed by atoms with Crippen molar-refractivity contribution in [2.75, 3.05) is 0 Å². The van der Waals surface area contributed by atoms with Crippen molar-refractivity contribution in [3.05, 3.63) is 5.21 Å². The molecule has 0 bridgehead atoms. The Bertz CT molecular complexity index is 119. The van der Waals surface area contributed by atoms with Crippen LogP contribution < -0.4 is 11.3 Å². The molecule has 0 aliphatic rings. The fourth-order valence-electron chi connectivity index (χ4n) is 0.386. The van der Waals surface area contributed by atoms with E-state index in [9.17, 15) is 5.21 Å². The average molecular weight is 131 g/mol. The second kappa shape index (κ2) is 2.80. The van der Waals surface area contributed by atoms with Gasteiger partial charge in [-0.15, -0.1) is 0 Å². The van der Waals surface area contributed by atoms with E-state index in [0.29, 0.717) is 0 Å². The Hall–Kier alpha value is -0.610. The molecule has 0 rings (SSSR count). The van der Waals surface area contributed by atoms with Crippen molar-refractivity contribution in [3.63, 3.8) is 0 Å². The van der Waals surface area contributed by atoms with Crippen molar-refractivity contribution in [2.45, 2.75) is 26.4 Å². The quantitative estimate of drug-likeness (QED) is 0.136. The lowest BCUT2D eigenvalue weighted by molar-refractivity contribution is -0.545. The maximum Gasteiger partial charge on any atom is 0.232 e. The molecule has 0 fully saturated rings. The van der Waals surface area contributed by atoms with Crippen LogP contribution in [0.3, 0.4) is 0 Å². The molecule has 0 aliphatic carbocycles. The number of hydroxylamine groups is 1. The zero-order valence-corrected chi connectivity index (χ0v) is 6.01. The van der Waals surface area contributed by atoms with Crippen LogP contribution in [0.1, 0.15) is 20.8 Å². The Morgan fingerprint density at radius 3 is 2.22 bits per heavy atom. The molecule has 54 valence electrons. The molecular weight excluding hydrogens is 118 g/mol. The highest BCUT2D eigenvalue weighted by Crippen LogP contribution is 1.98. The van der Waals surface area contributed by atoms with E-state index in [1.165, 1.54) is 6.21 Å². The zero-order chi connectivity index (χ0) is 7.49. The van der Waals surface area contributed by atoms with Crippen LogP contribution in [0, 0.1) is 5.21 Å². The van der Waals surface area contributed by atoms with Gasteiger partial charge in [0, 0.05) is 20.8 Å². The minimum Gasteiger partial charge on any atom is -0.623 e. The van der Waals surface area contributed by atoms with Crippen LogP contribution in [0.2, 0.25) is 0 Å². The predicted molar refractivity (Wildman–Crippen MR) is 36.8 cm³/mol. The largest absolute Gasteiger partial charge is 0.623 e. The van der Waals surface area contributed by atoms with E-state index < -0.39 is 5.66 Å². The van der Waals surface area contributed by atoms with Crippen molar-refractivity contribution >= 4 is 6.21 Å². The highest BCUT2D eigenvalue weighted by Gasteiger charge is 2.22. The van der Waals surface area contributed by atoms with E-state index >= 15 is 0 Å². The van der Waals surface area contributed by atoms with Gasteiger partial charge in [0.25, 0.3) is 0 Å². The first-order valence-corrected chi connectivity index (χ1v) is 2.78. The number of nitrogens with zero attached hydrogens (tertiary/aromatic N) is 1. The zero-order valence-electron chi connectivity index (χ0n) is 6.01. The monoisotopic (exact) mass is 131 g/mol. The minimum atomic E-state index is -0.700. The molecular formula is C5H13N3O. The molecule has 0 atom stereocenters. The molecule has 0 spiro atoms. The van der Waals surface area contributed by atoms with Crippen LogP contribution in [0.5, 0.6) is 0 Å². The second-order valence-corrected chi connectivity index (χ2v) is 2.29. The van der Waals surface area contributed by atoms with E-state index in [1.54, 1.807) is 20.8 Å². The van der Waals surface area contributed by atoms with Gasteiger partial charge in [0.1, 0.15) is 6.21 Å². The molecule has 0 amide bonds. The topological polar surface area (TPSA) is 64.1 Å². The molecule has 0 unspecified atom stereocenters. The smallest absolute Gasteiger partial charge is 0.232 e. The van der Waals surface area contributed by atoms with Gasteiger partial charge in [0.15, 0.2) is 0 Å². The van der Waals surface area contributed by atoms with Crippen LogP contribution in [0.15, 0.2) is 0 Å². The van der Waals surface area contributed by atoms with Gasteiger partial charge in [-0.25, -0.2) is 0 Å². The van der Waals surface area contributed by atoms with Gasteiger partial charge in [-0.1, -0.05) is 0 Å². The fourth-order valence-corrected chi connectivity index (χ4v) is 0.386. The van der Waals surface area contributed by atoms with Crippen LogP contribution in [-0.4, -0.2) is 16.6 Å². The first-order chi connectivity index (χ1) is 4.04. The first kappa shape index (κ1) is 8.39. The van der Waals surface area contributed by atoms with E-state index in [0.717, 1.165) is 4.74 Å². The summed E-state index contributed by atoms with van der Waals surface area (Å²) in [5, 5.41) is 10.8. The molecule has 0 aromatic rings. The third kappa shape index (κ3) is 1.99. The van der Waals surface area contributed by atoms with E-state index in [-0.39, 0.29) is 0 Å². The second-order valence-electron chi connectivity index (χ2n) is 2.29. The number of nitrogens with one attached hydrogen (secondary N) is 1. The Balaban J connectivity index is 4.14. The number of rotatable bonds is 2. The van der Waals surface area contributed by atoms with Crippen LogP contribution in [0.25, 0.3) is 0 Å². The van der Waals surface area contributed by atoms with E-state index in [1.807, 2.05) is 0 Å². The van der Waals surface area contributed by atoms with Crippen molar-refractivity contribution in [3.8, 4) is 0 Å². The SMILES string of the molecule is C/C=[N+](\[O-])C(C)(C)NN. The Kier molecular flexibility index (Phi) is 2.61. The highest BCUT2D eigenvalue weighted by atomic mass is 16.5. The van der Waals surface area contributed by atoms with Crippen LogP contribution in [0.4, 0.5) is 0 Å². The third-order valence-electron chi connectivity index (χ3n) is 1.14. The van der Waals surface area contributed by atoms with Gasteiger partial charge in [-0.05, 0) is 0 Å². The molecule has 0 aromatic heterocycles. The summed E-state index contributed by atoms with van der Waals surface area (Å²) >= 11 is 0.